The molecule has 0 fully saturated rings. The molecule has 0 spiro atoms. The highest BCUT2D eigenvalue weighted by molar-refractivity contribution is 7.93. The van der Waals surface area contributed by atoms with Gasteiger partial charge in [0, 0.05) is 11.6 Å². The Labute approximate surface area is 148 Å². The summed E-state index contributed by atoms with van der Waals surface area (Å²) in [5, 5.41) is 7.23. The molecule has 26 heavy (non-hydrogen) atoms. The molecule has 5 nitrogen and oxygen atoms in total. The zero-order chi connectivity index (χ0) is 19.3. The normalized spacial score (nSPS) is 22.9. The molecular weight excluding hydrogens is 364 g/mol. The van der Waals surface area contributed by atoms with Gasteiger partial charge in [0.25, 0.3) is 0 Å². The number of alkyl halides is 1. The van der Waals surface area contributed by atoms with Crippen molar-refractivity contribution in [2.24, 2.45) is 0 Å². The lowest BCUT2D eigenvalue weighted by Gasteiger charge is -2.17. The van der Waals surface area contributed by atoms with Crippen molar-refractivity contribution < 1.29 is 27.0 Å². The Morgan fingerprint density at radius 3 is 2.69 bits per heavy atom. The monoisotopic (exact) mass is 375 g/mol. The molecule has 3 rings (SSSR count). The molecule has 0 saturated heterocycles. The number of aliphatic hydroxyl groups excluding tert-OH is 1. The number of hydrogen-bond donors (Lipinski definition) is 1. The van der Waals surface area contributed by atoms with Crippen LogP contribution < -0.4 is 4.74 Å². The van der Waals surface area contributed by atoms with Crippen LogP contribution in [0.4, 0.5) is 14.5 Å². The number of nitrogens with zero attached hydrogens (tertiary/aromatic N) is 1. The Morgan fingerprint density at radius 2 is 2.08 bits per heavy atom. The summed E-state index contributed by atoms with van der Waals surface area (Å²) in [7, 11) is -4.44. The summed E-state index contributed by atoms with van der Waals surface area (Å²) in [6.45, 7) is 7.69. The number of ether oxygens (including phenoxy) is 1. The van der Waals surface area contributed by atoms with Crippen LogP contribution in [0.1, 0.15) is 24.2 Å². The van der Waals surface area contributed by atoms with Gasteiger partial charge < -0.3 is 9.84 Å². The summed E-state index contributed by atoms with van der Waals surface area (Å²) in [5.41, 5.74) is -0.451. The molecule has 0 aromatic heterocycles. The molecule has 0 amide bonds. The third-order valence-electron chi connectivity index (χ3n) is 4.10. The van der Waals surface area contributed by atoms with Gasteiger partial charge in [-0.05, 0) is 31.2 Å². The maximum Gasteiger partial charge on any atom is 0.242 e. The molecule has 2 aromatic rings. The van der Waals surface area contributed by atoms with Crippen LogP contribution in [-0.2, 0) is 9.84 Å². The molecule has 1 aliphatic heterocycles. The molecule has 1 aliphatic rings. The van der Waals surface area contributed by atoms with Gasteiger partial charge in [-0.15, -0.1) is 6.42 Å². The van der Waals surface area contributed by atoms with Crippen LogP contribution in [-0.4, -0.2) is 18.5 Å². The first kappa shape index (κ1) is 17.9. The number of sulfone groups is 1. The fourth-order valence-electron chi connectivity index (χ4n) is 2.74. The summed E-state index contributed by atoms with van der Waals surface area (Å²) >= 11 is 0. The van der Waals surface area contributed by atoms with E-state index in [2.05, 4.69) is 10.8 Å². The summed E-state index contributed by atoms with van der Waals surface area (Å²) in [6, 6.07) is 5.55. The topological polar surface area (TPSA) is 68.0 Å². The van der Waals surface area contributed by atoms with Crippen LogP contribution in [0.15, 0.2) is 35.2 Å². The van der Waals surface area contributed by atoms with Gasteiger partial charge in [-0.1, -0.05) is 5.92 Å². The number of aliphatic hydroxyl groups is 1. The number of fused-ring (bicyclic) bond motifs is 1. The SMILES string of the molecule is [C-]#[N+]c1cc(F)cc(Oc2ccc3c(c2C#C)C(O)C(C)(F)S3(=O)=O)c1. The molecule has 8 heteroatoms. The van der Waals surface area contributed by atoms with E-state index in [0.717, 1.165) is 25.1 Å². The minimum absolute atomic E-state index is 0.0117. The van der Waals surface area contributed by atoms with Crippen molar-refractivity contribution in [2.75, 3.05) is 0 Å². The predicted octanol–water partition coefficient (Wildman–Crippen LogP) is 3.66. The van der Waals surface area contributed by atoms with Crippen LogP contribution in [0.25, 0.3) is 4.85 Å². The van der Waals surface area contributed by atoms with Crippen LogP contribution in [0.5, 0.6) is 11.5 Å². The highest BCUT2D eigenvalue weighted by Crippen LogP contribution is 2.50. The van der Waals surface area contributed by atoms with Crippen molar-refractivity contribution in [1.82, 2.24) is 0 Å². The highest BCUT2D eigenvalue weighted by Gasteiger charge is 2.56. The molecule has 0 saturated carbocycles. The molecule has 0 bridgehead atoms. The van der Waals surface area contributed by atoms with Crippen molar-refractivity contribution in [2.45, 2.75) is 22.9 Å². The van der Waals surface area contributed by atoms with E-state index in [1.165, 1.54) is 12.1 Å². The van der Waals surface area contributed by atoms with Crippen LogP contribution in [0.3, 0.4) is 0 Å². The second kappa shape index (κ2) is 5.80. The fourth-order valence-corrected chi connectivity index (χ4v) is 4.33. The van der Waals surface area contributed by atoms with E-state index >= 15 is 0 Å². The van der Waals surface area contributed by atoms with Gasteiger partial charge in [-0.3, -0.25) is 0 Å². The van der Waals surface area contributed by atoms with Crippen molar-refractivity contribution in [3.8, 4) is 23.8 Å². The van der Waals surface area contributed by atoms with Gasteiger partial charge in [-0.25, -0.2) is 22.0 Å². The number of terminal acetylenes is 1. The zero-order valence-corrected chi connectivity index (χ0v) is 14.1. The largest absolute Gasteiger partial charge is 0.457 e. The van der Waals surface area contributed by atoms with Crippen LogP contribution >= 0.6 is 0 Å². The Bertz CT molecular complexity index is 1110. The Balaban J connectivity index is 2.17. The smallest absolute Gasteiger partial charge is 0.242 e. The lowest BCUT2D eigenvalue weighted by Crippen LogP contribution is -2.30. The first-order valence-electron chi connectivity index (χ1n) is 7.24. The van der Waals surface area contributed by atoms with Gasteiger partial charge in [0.15, 0.2) is 5.69 Å². The highest BCUT2D eigenvalue weighted by atomic mass is 32.2. The summed E-state index contributed by atoms with van der Waals surface area (Å²) in [4.78, 5) is 2.68. The van der Waals surface area contributed by atoms with E-state index in [9.17, 15) is 22.3 Å². The average molecular weight is 375 g/mol. The Kier molecular flexibility index (Phi) is 3.99. The lowest BCUT2D eigenvalue weighted by atomic mass is 9.99. The summed E-state index contributed by atoms with van der Waals surface area (Å²) < 4.78 is 58.1. The van der Waals surface area contributed by atoms with E-state index in [-0.39, 0.29) is 28.3 Å². The molecular formula is C18H11F2NO4S. The van der Waals surface area contributed by atoms with E-state index in [4.69, 9.17) is 17.7 Å². The van der Waals surface area contributed by atoms with Gasteiger partial charge >= 0.3 is 0 Å². The summed E-state index contributed by atoms with van der Waals surface area (Å²) in [5.74, 6) is 1.36. The van der Waals surface area contributed by atoms with Gasteiger partial charge in [-0.2, -0.15) is 0 Å². The summed E-state index contributed by atoms with van der Waals surface area (Å²) in [6.07, 6.45) is 3.42. The van der Waals surface area contributed by atoms with Crippen LogP contribution in [0, 0.1) is 24.7 Å². The van der Waals surface area contributed by atoms with Crippen molar-refractivity contribution in [3.63, 3.8) is 0 Å². The quantitative estimate of drug-likeness (QED) is 0.643. The van der Waals surface area contributed by atoms with E-state index in [1.54, 1.807) is 0 Å². The maximum absolute atomic E-state index is 14.6. The third-order valence-corrected chi connectivity index (χ3v) is 6.31. The number of rotatable bonds is 2. The van der Waals surface area contributed by atoms with E-state index < -0.39 is 31.7 Å². The maximum atomic E-state index is 14.6. The number of halogens is 2. The average Bonchev–Trinajstić information content (AvgIpc) is 2.72. The second-order valence-corrected chi connectivity index (χ2v) is 7.99. The molecule has 1 N–H and O–H groups in total. The third kappa shape index (κ3) is 2.43. The predicted molar refractivity (Wildman–Crippen MR) is 88.8 cm³/mol. The van der Waals surface area contributed by atoms with Crippen LogP contribution in [0.2, 0.25) is 0 Å². The van der Waals surface area contributed by atoms with Gasteiger partial charge in [0.2, 0.25) is 14.8 Å². The standard InChI is InChI=1S/C18H11F2NO4S/c1-4-13-14(25-12-8-10(19)7-11(9-12)21-3)5-6-15-16(13)17(22)18(2,20)26(15,23)24/h1,5-9,17,22H,2H3. The van der Waals surface area contributed by atoms with Crippen molar-refractivity contribution >= 4 is 15.5 Å². The molecule has 2 atom stereocenters. The second-order valence-electron chi connectivity index (χ2n) is 5.75. The van der Waals surface area contributed by atoms with Gasteiger partial charge in [0.1, 0.15) is 23.4 Å². The molecule has 0 radical (unpaired) electrons. The molecule has 1 heterocycles. The minimum Gasteiger partial charge on any atom is -0.457 e. The molecule has 2 aromatic carbocycles. The number of hydrogen-bond acceptors (Lipinski definition) is 4. The van der Waals surface area contributed by atoms with E-state index in [0.29, 0.717) is 0 Å². The molecule has 2 unspecified atom stereocenters. The minimum atomic E-state index is -4.44. The van der Waals surface area contributed by atoms with E-state index in [1.807, 2.05) is 0 Å². The van der Waals surface area contributed by atoms with Crippen molar-refractivity contribution in [3.05, 3.63) is 58.7 Å². The Morgan fingerprint density at radius 1 is 1.38 bits per heavy atom. The zero-order valence-electron chi connectivity index (χ0n) is 13.3. The first-order valence-corrected chi connectivity index (χ1v) is 8.73. The fraction of sp³-hybridized carbons (Fsp3) is 0.167. The van der Waals surface area contributed by atoms with Gasteiger partial charge in [0.05, 0.1) is 17.0 Å². The number of benzene rings is 2. The van der Waals surface area contributed by atoms with Crippen molar-refractivity contribution in [1.29, 1.82) is 0 Å². The lowest BCUT2D eigenvalue weighted by molar-refractivity contribution is 0.0647. The first-order chi connectivity index (χ1) is 12.1. The Hall–Kier alpha value is -2.94. The molecule has 132 valence electrons. The molecule has 0 aliphatic carbocycles.